The summed E-state index contributed by atoms with van der Waals surface area (Å²) < 4.78 is 32.2. The van der Waals surface area contributed by atoms with Crippen LogP contribution in [0.15, 0.2) is 41.7 Å². The Hall–Kier alpha value is -3.03. The highest BCUT2D eigenvalue weighted by molar-refractivity contribution is 6.07. The molecule has 1 aromatic carbocycles. The number of carbonyl (C=O) groups excluding carboxylic acids is 1. The third kappa shape index (κ3) is 2.71. The van der Waals surface area contributed by atoms with E-state index in [4.69, 9.17) is 10.5 Å². The molecule has 0 radical (unpaired) electrons. The Morgan fingerprint density at radius 1 is 1.21 bits per heavy atom. The van der Waals surface area contributed by atoms with Crippen molar-refractivity contribution in [1.29, 1.82) is 0 Å². The predicted molar refractivity (Wildman–Crippen MR) is 100 cm³/mol. The number of likely N-dealkylation sites (N-methyl/N-ethyl adjacent to an activating group) is 1. The standard InChI is InChI=1S/C20H20F2N4O2/c1-19(2)10-20(17(27)26(3)18(23)25-20)14-7-11(4-5-15(14)28-19)12-6-13(16(21)22)9-24-8-12/h4-9,16H,10H2,1-3H3,(H2,23,25). The monoisotopic (exact) mass is 386 g/mol. The Kier molecular flexibility index (Phi) is 3.92. The molecule has 0 saturated heterocycles. The highest BCUT2D eigenvalue weighted by Crippen LogP contribution is 2.49. The molecule has 0 aliphatic carbocycles. The fourth-order valence-electron chi connectivity index (χ4n) is 3.89. The number of pyridine rings is 1. The Bertz CT molecular complexity index is 1010. The molecule has 2 aromatic rings. The first-order valence-electron chi connectivity index (χ1n) is 8.83. The molecule has 0 fully saturated rings. The maximum Gasteiger partial charge on any atom is 0.265 e. The smallest absolute Gasteiger partial charge is 0.265 e. The van der Waals surface area contributed by atoms with Gasteiger partial charge in [0, 0.05) is 42.6 Å². The summed E-state index contributed by atoms with van der Waals surface area (Å²) in [6, 6.07) is 6.64. The number of ether oxygens (including phenoxy) is 1. The summed E-state index contributed by atoms with van der Waals surface area (Å²) in [5.41, 5.74) is 5.70. The van der Waals surface area contributed by atoms with E-state index in [9.17, 15) is 13.6 Å². The zero-order chi connectivity index (χ0) is 20.3. The van der Waals surface area contributed by atoms with Crippen LogP contribution in [-0.4, -0.2) is 34.4 Å². The molecule has 0 bridgehead atoms. The van der Waals surface area contributed by atoms with E-state index in [1.54, 1.807) is 25.2 Å². The normalized spacial score (nSPS) is 23.0. The van der Waals surface area contributed by atoms with Crippen molar-refractivity contribution in [2.75, 3.05) is 7.05 Å². The molecule has 146 valence electrons. The lowest BCUT2D eigenvalue weighted by Gasteiger charge is -2.41. The van der Waals surface area contributed by atoms with Crippen LogP contribution in [0, 0.1) is 0 Å². The van der Waals surface area contributed by atoms with Gasteiger partial charge in [-0.3, -0.25) is 14.7 Å². The maximum atomic E-state index is 13.1. The lowest BCUT2D eigenvalue weighted by molar-refractivity contribution is -0.133. The van der Waals surface area contributed by atoms with Crippen LogP contribution in [0.1, 0.15) is 37.8 Å². The zero-order valence-electron chi connectivity index (χ0n) is 15.7. The van der Waals surface area contributed by atoms with Crippen molar-refractivity contribution in [3.63, 3.8) is 0 Å². The fraction of sp³-hybridized carbons (Fsp3) is 0.350. The van der Waals surface area contributed by atoms with Crippen LogP contribution < -0.4 is 10.5 Å². The first-order chi connectivity index (χ1) is 13.1. The third-order valence-electron chi connectivity index (χ3n) is 5.15. The number of nitrogens with two attached hydrogens (primary N) is 1. The quantitative estimate of drug-likeness (QED) is 0.859. The number of aromatic nitrogens is 1. The number of nitrogens with zero attached hydrogens (tertiary/aromatic N) is 3. The molecule has 28 heavy (non-hydrogen) atoms. The van der Waals surface area contributed by atoms with Crippen molar-refractivity contribution in [3.05, 3.63) is 47.8 Å². The van der Waals surface area contributed by atoms with E-state index in [1.807, 2.05) is 13.8 Å². The fourth-order valence-corrected chi connectivity index (χ4v) is 3.89. The summed E-state index contributed by atoms with van der Waals surface area (Å²) >= 11 is 0. The van der Waals surface area contributed by atoms with E-state index < -0.39 is 17.6 Å². The highest BCUT2D eigenvalue weighted by Gasteiger charge is 2.55. The largest absolute Gasteiger partial charge is 0.487 e. The van der Waals surface area contributed by atoms with E-state index in [-0.39, 0.29) is 17.4 Å². The molecule has 1 unspecified atom stereocenters. The van der Waals surface area contributed by atoms with E-state index in [0.29, 0.717) is 28.9 Å². The number of hydrogen-bond donors (Lipinski definition) is 1. The summed E-state index contributed by atoms with van der Waals surface area (Å²) in [5, 5.41) is 0. The van der Waals surface area contributed by atoms with Crippen molar-refractivity contribution < 1.29 is 18.3 Å². The Morgan fingerprint density at radius 2 is 1.96 bits per heavy atom. The average Bonchev–Trinajstić information content (AvgIpc) is 2.85. The highest BCUT2D eigenvalue weighted by atomic mass is 19.3. The topological polar surface area (TPSA) is 80.8 Å². The number of benzene rings is 1. The van der Waals surface area contributed by atoms with Gasteiger partial charge in [0.15, 0.2) is 11.5 Å². The third-order valence-corrected chi connectivity index (χ3v) is 5.15. The molecule has 1 amide bonds. The molecule has 6 nitrogen and oxygen atoms in total. The Morgan fingerprint density at radius 3 is 2.61 bits per heavy atom. The van der Waals surface area contributed by atoms with Crippen LogP contribution in [0.3, 0.4) is 0 Å². The van der Waals surface area contributed by atoms with Gasteiger partial charge in [-0.05, 0) is 37.6 Å². The van der Waals surface area contributed by atoms with Crippen molar-refractivity contribution in [2.24, 2.45) is 10.7 Å². The van der Waals surface area contributed by atoms with Crippen LogP contribution in [0.2, 0.25) is 0 Å². The van der Waals surface area contributed by atoms with E-state index in [1.165, 1.54) is 17.2 Å². The zero-order valence-corrected chi connectivity index (χ0v) is 15.7. The minimum absolute atomic E-state index is 0.139. The lowest BCUT2D eigenvalue weighted by atomic mass is 9.77. The average molecular weight is 386 g/mol. The van der Waals surface area contributed by atoms with Gasteiger partial charge in [-0.2, -0.15) is 0 Å². The number of carbonyl (C=O) groups is 1. The van der Waals surface area contributed by atoms with Gasteiger partial charge >= 0.3 is 0 Å². The van der Waals surface area contributed by atoms with Crippen LogP contribution in [0.4, 0.5) is 8.78 Å². The minimum atomic E-state index is -2.62. The number of rotatable bonds is 2. The molecule has 3 heterocycles. The van der Waals surface area contributed by atoms with Gasteiger partial charge in [-0.25, -0.2) is 13.8 Å². The maximum absolute atomic E-state index is 13.1. The van der Waals surface area contributed by atoms with Crippen molar-refractivity contribution >= 4 is 11.9 Å². The van der Waals surface area contributed by atoms with Gasteiger partial charge in [0.05, 0.1) is 0 Å². The second kappa shape index (κ2) is 5.98. The molecule has 1 spiro atoms. The number of amides is 1. The Balaban J connectivity index is 1.89. The first kappa shape index (κ1) is 18.3. The minimum Gasteiger partial charge on any atom is -0.487 e. The van der Waals surface area contributed by atoms with Crippen LogP contribution >= 0.6 is 0 Å². The van der Waals surface area contributed by atoms with Gasteiger partial charge in [-0.1, -0.05) is 6.07 Å². The number of fused-ring (bicyclic) bond motifs is 2. The number of hydrogen-bond acceptors (Lipinski definition) is 5. The predicted octanol–water partition coefficient (Wildman–Crippen LogP) is 3.23. The van der Waals surface area contributed by atoms with Crippen molar-refractivity contribution in [1.82, 2.24) is 9.88 Å². The molecule has 2 N–H and O–H groups in total. The van der Waals surface area contributed by atoms with Gasteiger partial charge in [0.2, 0.25) is 0 Å². The number of halogens is 2. The van der Waals surface area contributed by atoms with E-state index in [0.717, 1.165) is 6.20 Å². The Labute approximate surface area is 161 Å². The molecule has 1 aromatic heterocycles. The molecular formula is C20H20F2N4O2. The second-order valence-corrected chi connectivity index (χ2v) is 7.75. The van der Waals surface area contributed by atoms with Gasteiger partial charge in [-0.15, -0.1) is 0 Å². The number of alkyl halides is 2. The van der Waals surface area contributed by atoms with Gasteiger partial charge in [0.1, 0.15) is 11.4 Å². The summed E-state index contributed by atoms with van der Waals surface area (Å²) in [7, 11) is 1.58. The molecule has 2 aliphatic rings. The molecule has 1 atom stereocenters. The van der Waals surface area contributed by atoms with E-state index >= 15 is 0 Å². The van der Waals surface area contributed by atoms with Crippen molar-refractivity contribution in [2.45, 2.75) is 37.8 Å². The molecule has 2 aliphatic heterocycles. The van der Waals surface area contributed by atoms with Crippen molar-refractivity contribution in [3.8, 4) is 16.9 Å². The summed E-state index contributed by atoms with van der Waals surface area (Å²) in [5.74, 6) is 0.429. The lowest BCUT2D eigenvalue weighted by Crippen LogP contribution is -2.49. The van der Waals surface area contributed by atoms with E-state index in [2.05, 4.69) is 9.98 Å². The van der Waals surface area contributed by atoms with Crippen LogP contribution in [0.5, 0.6) is 5.75 Å². The summed E-state index contributed by atoms with van der Waals surface area (Å²) in [6.45, 7) is 3.78. The molecule has 0 saturated carbocycles. The molecular weight excluding hydrogens is 366 g/mol. The van der Waals surface area contributed by atoms with Crippen LogP contribution in [0.25, 0.3) is 11.1 Å². The number of aliphatic imine (C=N–C) groups is 1. The van der Waals surface area contributed by atoms with Gasteiger partial charge < -0.3 is 10.5 Å². The van der Waals surface area contributed by atoms with Gasteiger partial charge in [0.25, 0.3) is 12.3 Å². The first-order valence-corrected chi connectivity index (χ1v) is 8.83. The SMILES string of the molecule is CN1C(=O)C2(CC(C)(C)Oc3ccc(-c4cncc(C(F)F)c4)cc32)N=C1N. The summed E-state index contributed by atoms with van der Waals surface area (Å²) in [6.07, 6.45) is 0.346. The summed E-state index contributed by atoms with van der Waals surface area (Å²) in [4.78, 5) is 22.9. The van der Waals surface area contributed by atoms with Crippen LogP contribution in [-0.2, 0) is 10.3 Å². The molecule has 8 heteroatoms. The second-order valence-electron chi connectivity index (χ2n) is 7.75. The number of guanidine groups is 1. The molecule has 4 rings (SSSR count).